The fourth-order valence-corrected chi connectivity index (χ4v) is 2.01. The predicted octanol–water partition coefficient (Wildman–Crippen LogP) is 2.75. The average Bonchev–Trinajstić information content (AvgIpc) is 2.31. The Morgan fingerprint density at radius 3 is 2.55 bits per heavy atom. The third-order valence-electron chi connectivity index (χ3n) is 3.30. The van der Waals surface area contributed by atoms with E-state index < -0.39 is 29.0 Å². The van der Waals surface area contributed by atoms with Gasteiger partial charge in [-0.3, -0.25) is 4.79 Å². The Labute approximate surface area is 112 Å². The molecule has 1 aromatic carbocycles. The van der Waals surface area contributed by atoms with Crippen molar-refractivity contribution in [1.82, 2.24) is 5.32 Å². The molecule has 0 spiro atoms. The van der Waals surface area contributed by atoms with Gasteiger partial charge < -0.3 is 10.1 Å². The van der Waals surface area contributed by atoms with E-state index in [4.69, 9.17) is 4.74 Å². The number of hydrogen-bond donors (Lipinski definition) is 1. The van der Waals surface area contributed by atoms with Gasteiger partial charge in [0, 0.05) is 13.2 Å². The molecule has 0 heterocycles. The number of carbonyl (C=O) groups excluding carboxylic acids is 1. The molecule has 110 valence electrons. The molecule has 0 saturated heterocycles. The molecule has 0 radical (unpaired) electrons. The van der Waals surface area contributed by atoms with E-state index >= 15 is 0 Å². The summed E-state index contributed by atoms with van der Waals surface area (Å²) in [6, 6.07) is 1.59. The summed E-state index contributed by atoms with van der Waals surface area (Å²) in [6.07, 6.45) is -3.43. The van der Waals surface area contributed by atoms with E-state index in [1.54, 1.807) is 0 Å². The van der Waals surface area contributed by atoms with Crippen LogP contribution in [-0.4, -0.2) is 25.2 Å². The van der Waals surface area contributed by atoms with Crippen molar-refractivity contribution < 1.29 is 27.1 Å². The molecule has 0 atom stereocenters. The highest BCUT2D eigenvalue weighted by Gasteiger charge is 2.33. The standard InChI is InChI=1S/C13H13F4NO2/c1-20-9-5-8(6-9)18-12(19)10-4-7(13(15,16)17)2-3-11(10)14/h2-4,8-9H,5-6H2,1H3,(H,18,19). The summed E-state index contributed by atoms with van der Waals surface area (Å²) in [5, 5.41) is 2.49. The highest BCUT2D eigenvalue weighted by atomic mass is 19.4. The number of carbonyl (C=O) groups is 1. The molecular weight excluding hydrogens is 278 g/mol. The Morgan fingerprint density at radius 1 is 1.35 bits per heavy atom. The molecule has 1 amide bonds. The molecular formula is C13H13F4NO2. The lowest BCUT2D eigenvalue weighted by Gasteiger charge is -2.34. The Balaban J connectivity index is 2.09. The van der Waals surface area contributed by atoms with Gasteiger partial charge in [-0.2, -0.15) is 13.2 Å². The van der Waals surface area contributed by atoms with Crippen LogP contribution in [0.25, 0.3) is 0 Å². The summed E-state index contributed by atoms with van der Waals surface area (Å²) in [5.41, 5.74) is -1.65. The number of ether oxygens (including phenoxy) is 1. The Morgan fingerprint density at radius 2 is 2.00 bits per heavy atom. The van der Waals surface area contributed by atoms with Gasteiger partial charge in [-0.1, -0.05) is 0 Å². The molecule has 1 aliphatic rings. The molecule has 3 nitrogen and oxygen atoms in total. The number of methoxy groups -OCH3 is 1. The normalized spacial score (nSPS) is 22.2. The summed E-state index contributed by atoms with van der Waals surface area (Å²) in [5.74, 6) is -1.81. The number of hydrogen-bond acceptors (Lipinski definition) is 2. The highest BCUT2D eigenvalue weighted by molar-refractivity contribution is 5.95. The summed E-state index contributed by atoms with van der Waals surface area (Å²) < 4.78 is 56.1. The number of alkyl halides is 3. The number of amides is 1. The number of halogens is 4. The van der Waals surface area contributed by atoms with E-state index in [0.29, 0.717) is 31.0 Å². The first-order chi connectivity index (χ1) is 9.31. The van der Waals surface area contributed by atoms with E-state index in [-0.39, 0.29) is 12.1 Å². The second-order valence-corrected chi connectivity index (χ2v) is 4.69. The minimum atomic E-state index is -4.61. The van der Waals surface area contributed by atoms with Crippen LogP contribution in [-0.2, 0) is 10.9 Å². The lowest BCUT2D eigenvalue weighted by Crippen LogP contribution is -2.47. The zero-order valence-electron chi connectivity index (χ0n) is 10.6. The van der Waals surface area contributed by atoms with Crippen LogP contribution in [0.5, 0.6) is 0 Å². The van der Waals surface area contributed by atoms with Crippen molar-refractivity contribution in [3.05, 3.63) is 35.1 Å². The maximum atomic E-state index is 13.5. The van der Waals surface area contributed by atoms with Crippen LogP contribution in [0.1, 0.15) is 28.8 Å². The predicted molar refractivity (Wildman–Crippen MR) is 62.7 cm³/mol. The molecule has 2 rings (SSSR count). The minimum Gasteiger partial charge on any atom is -0.381 e. The molecule has 20 heavy (non-hydrogen) atoms. The number of benzene rings is 1. The van der Waals surface area contributed by atoms with Gasteiger partial charge in [0.05, 0.1) is 17.2 Å². The quantitative estimate of drug-likeness (QED) is 0.870. The van der Waals surface area contributed by atoms with Gasteiger partial charge in [0.1, 0.15) is 5.82 Å². The summed E-state index contributed by atoms with van der Waals surface area (Å²) >= 11 is 0. The summed E-state index contributed by atoms with van der Waals surface area (Å²) in [6.45, 7) is 0. The van der Waals surface area contributed by atoms with Gasteiger partial charge in [0.2, 0.25) is 0 Å². The van der Waals surface area contributed by atoms with Crippen LogP contribution in [0.4, 0.5) is 17.6 Å². The molecule has 1 aliphatic carbocycles. The van der Waals surface area contributed by atoms with Crippen LogP contribution in [0.2, 0.25) is 0 Å². The van der Waals surface area contributed by atoms with Gasteiger partial charge in [-0.05, 0) is 31.0 Å². The number of rotatable bonds is 3. The van der Waals surface area contributed by atoms with Crippen molar-refractivity contribution in [3.8, 4) is 0 Å². The number of nitrogens with one attached hydrogen (secondary N) is 1. The van der Waals surface area contributed by atoms with Crippen LogP contribution < -0.4 is 5.32 Å². The van der Waals surface area contributed by atoms with Crippen molar-refractivity contribution in [3.63, 3.8) is 0 Å². The molecule has 1 fully saturated rings. The summed E-state index contributed by atoms with van der Waals surface area (Å²) in [7, 11) is 1.54. The first kappa shape index (κ1) is 14.8. The molecule has 7 heteroatoms. The second-order valence-electron chi connectivity index (χ2n) is 4.69. The molecule has 0 aliphatic heterocycles. The van der Waals surface area contributed by atoms with E-state index in [0.717, 1.165) is 0 Å². The van der Waals surface area contributed by atoms with E-state index in [9.17, 15) is 22.4 Å². The monoisotopic (exact) mass is 291 g/mol. The van der Waals surface area contributed by atoms with Crippen molar-refractivity contribution >= 4 is 5.91 Å². The smallest absolute Gasteiger partial charge is 0.381 e. The van der Waals surface area contributed by atoms with Crippen LogP contribution in [0.15, 0.2) is 18.2 Å². The third-order valence-corrected chi connectivity index (χ3v) is 3.30. The fraction of sp³-hybridized carbons (Fsp3) is 0.462. The molecule has 1 aromatic rings. The molecule has 1 N–H and O–H groups in total. The maximum Gasteiger partial charge on any atom is 0.416 e. The zero-order valence-corrected chi connectivity index (χ0v) is 10.6. The third kappa shape index (κ3) is 3.09. The highest BCUT2D eigenvalue weighted by Crippen LogP contribution is 2.30. The van der Waals surface area contributed by atoms with Crippen LogP contribution in [0, 0.1) is 5.82 Å². The van der Waals surface area contributed by atoms with Crippen LogP contribution in [0.3, 0.4) is 0 Å². The van der Waals surface area contributed by atoms with Crippen molar-refractivity contribution in [1.29, 1.82) is 0 Å². The second kappa shape index (κ2) is 5.40. The molecule has 0 aromatic heterocycles. The summed E-state index contributed by atoms with van der Waals surface area (Å²) in [4.78, 5) is 11.8. The Hall–Kier alpha value is -1.63. The molecule has 0 unspecified atom stereocenters. The Kier molecular flexibility index (Phi) is 3.99. The molecule has 0 bridgehead atoms. The van der Waals surface area contributed by atoms with E-state index in [1.807, 2.05) is 0 Å². The lowest BCUT2D eigenvalue weighted by atomic mass is 9.89. The topological polar surface area (TPSA) is 38.3 Å². The lowest BCUT2D eigenvalue weighted by molar-refractivity contribution is -0.137. The first-order valence-electron chi connectivity index (χ1n) is 6.01. The largest absolute Gasteiger partial charge is 0.416 e. The maximum absolute atomic E-state index is 13.5. The SMILES string of the molecule is COC1CC(NC(=O)c2cc(C(F)(F)F)ccc2F)C1. The van der Waals surface area contributed by atoms with Gasteiger partial charge in [-0.15, -0.1) is 0 Å². The molecule has 1 saturated carbocycles. The fourth-order valence-electron chi connectivity index (χ4n) is 2.01. The van der Waals surface area contributed by atoms with E-state index in [1.165, 1.54) is 7.11 Å². The van der Waals surface area contributed by atoms with Crippen molar-refractivity contribution in [2.45, 2.75) is 31.2 Å². The average molecular weight is 291 g/mol. The minimum absolute atomic E-state index is 0.0339. The first-order valence-corrected chi connectivity index (χ1v) is 6.01. The van der Waals surface area contributed by atoms with Gasteiger partial charge in [0.25, 0.3) is 5.91 Å². The van der Waals surface area contributed by atoms with Gasteiger partial charge >= 0.3 is 6.18 Å². The van der Waals surface area contributed by atoms with E-state index in [2.05, 4.69) is 5.32 Å². The van der Waals surface area contributed by atoms with Crippen LogP contribution >= 0.6 is 0 Å². The van der Waals surface area contributed by atoms with Gasteiger partial charge in [0.15, 0.2) is 0 Å². The Bertz CT molecular complexity index is 510. The van der Waals surface area contributed by atoms with Gasteiger partial charge in [-0.25, -0.2) is 4.39 Å². The van der Waals surface area contributed by atoms with Crippen molar-refractivity contribution in [2.24, 2.45) is 0 Å². The van der Waals surface area contributed by atoms with Crippen molar-refractivity contribution in [2.75, 3.05) is 7.11 Å². The zero-order chi connectivity index (χ0) is 14.9.